The van der Waals surface area contributed by atoms with Gasteiger partial charge in [0.15, 0.2) is 11.2 Å². The number of hydrogen-bond acceptors (Lipinski definition) is 9. The van der Waals surface area contributed by atoms with E-state index in [4.69, 9.17) is 19.3 Å². The molecule has 0 saturated carbocycles. The summed E-state index contributed by atoms with van der Waals surface area (Å²) in [6.07, 6.45) is -0.778. The quantitative estimate of drug-likeness (QED) is 0.303. The van der Waals surface area contributed by atoms with Crippen molar-refractivity contribution in [3.63, 3.8) is 0 Å². The second-order valence-electron chi connectivity index (χ2n) is 7.94. The molecule has 1 spiro atoms. The van der Waals surface area contributed by atoms with E-state index >= 15 is 0 Å². The van der Waals surface area contributed by atoms with Crippen LogP contribution in [0.4, 0.5) is 0 Å². The summed E-state index contributed by atoms with van der Waals surface area (Å²) < 4.78 is 16.4. The molecule has 2 saturated heterocycles. The van der Waals surface area contributed by atoms with E-state index in [1.807, 2.05) is 0 Å². The predicted octanol–water partition coefficient (Wildman–Crippen LogP) is 0.166. The number of carboxylic acids is 1. The van der Waals surface area contributed by atoms with Gasteiger partial charge in [0.05, 0.1) is 25.9 Å². The van der Waals surface area contributed by atoms with Crippen LogP contribution in [-0.4, -0.2) is 71.5 Å². The van der Waals surface area contributed by atoms with Gasteiger partial charge in [-0.25, -0.2) is 0 Å². The molecule has 2 rings (SSSR count). The average molecular weight is 461 g/mol. The first-order chi connectivity index (χ1) is 14.5. The van der Waals surface area contributed by atoms with Gasteiger partial charge in [-0.15, -0.1) is 0 Å². The molecular weight excluding hydrogens is 432 g/mol. The largest absolute Gasteiger partial charge is 0.481 e. The molecule has 2 heterocycles. The van der Waals surface area contributed by atoms with Crippen molar-refractivity contribution in [2.24, 2.45) is 5.41 Å². The number of esters is 1. The van der Waals surface area contributed by atoms with E-state index in [9.17, 15) is 24.0 Å². The minimum absolute atomic E-state index is 0.0349. The fraction of sp³-hybridized carbons (Fsp3) is 0.737. The molecule has 2 amide bonds. The molecule has 2 aliphatic heterocycles. The lowest BCUT2D eigenvalue weighted by Gasteiger charge is -2.44. The summed E-state index contributed by atoms with van der Waals surface area (Å²) >= 11 is 0.966. The fourth-order valence-electron chi connectivity index (χ4n) is 2.99. The van der Waals surface area contributed by atoms with Crippen molar-refractivity contribution in [1.29, 1.82) is 0 Å². The molecule has 0 aromatic carbocycles. The third-order valence-electron chi connectivity index (χ3n) is 4.70. The summed E-state index contributed by atoms with van der Waals surface area (Å²) in [7, 11) is 0. The van der Waals surface area contributed by atoms with Gasteiger partial charge in [0.1, 0.15) is 0 Å². The predicted molar refractivity (Wildman–Crippen MR) is 108 cm³/mol. The Balaban J connectivity index is 1.67. The van der Waals surface area contributed by atoms with E-state index in [1.54, 1.807) is 13.8 Å². The second-order valence-corrected chi connectivity index (χ2v) is 9.09. The molecule has 0 radical (unpaired) electrons. The number of carboxylic acid groups (broad SMARTS) is 1. The van der Waals surface area contributed by atoms with Gasteiger partial charge in [0.2, 0.25) is 11.8 Å². The normalized spacial score (nSPS) is 24.5. The molecule has 0 aliphatic carbocycles. The van der Waals surface area contributed by atoms with E-state index in [2.05, 4.69) is 10.6 Å². The standard InChI is InChI=1S/C19H28N2O9S/c1-18(2)11-28-19(7-5-14(25)29-19)30-16(18)17(27)21-8-6-12(22)20-9-10-31-15(26)4-3-13(23)24/h16H,3-11H2,1-2H3,(H,20,22)(H,21,27)(H,23,24)/t16-,19?/m0/s1. The number of rotatable bonds is 10. The molecule has 3 N–H and O–H groups in total. The highest BCUT2D eigenvalue weighted by Crippen LogP contribution is 2.41. The third-order valence-corrected chi connectivity index (χ3v) is 5.63. The molecule has 0 aromatic rings. The highest BCUT2D eigenvalue weighted by atomic mass is 32.2. The molecule has 2 atom stereocenters. The smallest absolute Gasteiger partial charge is 0.330 e. The molecule has 0 bridgehead atoms. The summed E-state index contributed by atoms with van der Waals surface area (Å²) in [5.41, 5.74) is -0.656. The topological polar surface area (TPSA) is 157 Å². The summed E-state index contributed by atoms with van der Waals surface area (Å²) in [5.74, 6) is -3.39. The fourth-order valence-corrected chi connectivity index (χ4v) is 3.66. The lowest BCUT2D eigenvalue weighted by Crippen LogP contribution is -2.58. The van der Waals surface area contributed by atoms with E-state index in [0.29, 0.717) is 5.75 Å². The number of amides is 2. The van der Waals surface area contributed by atoms with Gasteiger partial charge in [-0.3, -0.25) is 24.0 Å². The van der Waals surface area contributed by atoms with Gasteiger partial charge in [-0.2, -0.15) is 0 Å². The van der Waals surface area contributed by atoms with Crippen LogP contribution in [0.2, 0.25) is 0 Å². The van der Waals surface area contributed by atoms with Gasteiger partial charge in [-0.1, -0.05) is 25.6 Å². The van der Waals surface area contributed by atoms with Crippen molar-refractivity contribution < 1.29 is 43.3 Å². The van der Waals surface area contributed by atoms with Gasteiger partial charge >= 0.3 is 17.9 Å². The van der Waals surface area contributed by atoms with Gasteiger partial charge in [-0.05, 0) is 0 Å². The van der Waals surface area contributed by atoms with E-state index in [0.717, 1.165) is 11.8 Å². The maximum absolute atomic E-state index is 12.6. The molecule has 2 aliphatic rings. The van der Waals surface area contributed by atoms with Crippen LogP contribution < -0.4 is 10.6 Å². The maximum Gasteiger partial charge on any atom is 0.330 e. The molecule has 0 aromatic heterocycles. The Kier molecular flexibility index (Phi) is 8.83. The van der Waals surface area contributed by atoms with E-state index in [-0.39, 0.29) is 62.8 Å². The number of thioether (sulfide) groups is 1. The van der Waals surface area contributed by atoms with Crippen LogP contribution >= 0.6 is 11.8 Å². The number of hydrogen-bond donors (Lipinski definition) is 3. The Bertz CT molecular complexity index is 727. The van der Waals surface area contributed by atoms with Crippen molar-refractivity contribution in [3.8, 4) is 0 Å². The monoisotopic (exact) mass is 460 g/mol. The first-order valence-corrected chi connectivity index (χ1v) is 11.0. The molecular formula is C19H28N2O9S. The van der Waals surface area contributed by atoms with Crippen LogP contribution in [0, 0.1) is 5.41 Å². The first kappa shape index (κ1) is 25.1. The lowest BCUT2D eigenvalue weighted by molar-refractivity contribution is -0.404. The number of nitrogens with one attached hydrogen (secondary N) is 2. The Morgan fingerprint density at radius 1 is 1.13 bits per heavy atom. The van der Waals surface area contributed by atoms with Gasteiger partial charge in [0.25, 0.3) is 0 Å². The highest BCUT2D eigenvalue weighted by molar-refractivity contribution is 8.13. The molecule has 2 fully saturated rings. The van der Waals surface area contributed by atoms with Crippen LogP contribution in [-0.2, 0) is 38.2 Å². The number of carbonyl (C=O) groups excluding carboxylic acids is 4. The molecule has 1 unspecified atom stereocenters. The first-order valence-electron chi connectivity index (χ1n) is 9.98. The van der Waals surface area contributed by atoms with E-state index < -0.39 is 35.3 Å². The van der Waals surface area contributed by atoms with Crippen LogP contribution in [0.15, 0.2) is 0 Å². The molecule has 31 heavy (non-hydrogen) atoms. The Morgan fingerprint density at radius 3 is 2.52 bits per heavy atom. The zero-order valence-electron chi connectivity index (χ0n) is 17.6. The van der Waals surface area contributed by atoms with Crippen LogP contribution in [0.3, 0.4) is 0 Å². The summed E-state index contributed by atoms with van der Waals surface area (Å²) in [4.78, 5) is 57.8. The van der Waals surface area contributed by atoms with Crippen molar-refractivity contribution in [3.05, 3.63) is 0 Å². The number of aliphatic carboxylic acids is 1. The SMILES string of the molecule is CC1(C)COC2(CCC(=O)O2)O[C@H]1C(=O)NCCC(=O)NCCSC(=O)CCC(=O)O. The third kappa shape index (κ3) is 7.78. The zero-order valence-corrected chi connectivity index (χ0v) is 18.4. The van der Waals surface area contributed by atoms with Crippen molar-refractivity contribution in [1.82, 2.24) is 10.6 Å². The van der Waals surface area contributed by atoms with Gasteiger partial charge < -0.3 is 30.0 Å². The Morgan fingerprint density at radius 2 is 1.87 bits per heavy atom. The summed E-state index contributed by atoms with van der Waals surface area (Å²) in [6, 6.07) is 0. The minimum atomic E-state index is -1.52. The lowest BCUT2D eigenvalue weighted by atomic mass is 9.85. The van der Waals surface area contributed by atoms with Crippen molar-refractivity contribution in [2.75, 3.05) is 25.4 Å². The summed E-state index contributed by atoms with van der Waals surface area (Å²) in [6.45, 7) is 4.09. The second kappa shape index (κ2) is 10.9. The van der Waals surface area contributed by atoms with E-state index in [1.165, 1.54) is 0 Å². The Hall–Kier alpha value is -2.18. The summed E-state index contributed by atoms with van der Waals surface area (Å²) in [5, 5.41) is 13.6. The molecule has 12 heteroatoms. The highest BCUT2D eigenvalue weighted by Gasteiger charge is 2.54. The van der Waals surface area contributed by atoms with Crippen LogP contribution in [0.1, 0.15) is 46.0 Å². The maximum atomic E-state index is 12.6. The zero-order chi connectivity index (χ0) is 23.1. The Labute approximate surface area is 183 Å². The minimum Gasteiger partial charge on any atom is -0.481 e. The van der Waals surface area contributed by atoms with Gasteiger partial charge in [0, 0.05) is 37.1 Å². The van der Waals surface area contributed by atoms with Crippen molar-refractivity contribution in [2.45, 2.75) is 58.0 Å². The average Bonchev–Trinajstić information content (AvgIpc) is 3.06. The number of carbonyl (C=O) groups is 5. The molecule has 11 nitrogen and oxygen atoms in total. The van der Waals surface area contributed by atoms with Crippen LogP contribution in [0.25, 0.3) is 0 Å². The van der Waals surface area contributed by atoms with Crippen molar-refractivity contribution >= 4 is 40.6 Å². The van der Waals surface area contributed by atoms with Crippen LogP contribution in [0.5, 0.6) is 0 Å². The number of ether oxygens (including phenoxy) is 3. The molecule has 174 valence electrons.